The van der Waals surface area contributed by atoms with Crippen molar-refractivity contribution >= 4 is 17.3 Å². The largest absolute Gasteiger partial charge is 0.303 e. The Morgan fingerprint density at radius 3 is 3.29 bits per heavy atom. The van der Waals surface area contributed by atoms with Gasteiger partial charge in [0, 0.05) is 23.4 Å². The quantitative estimate of drug-likeness (QED) is 0.720. The van der Waals surface area contributed by atoms with Crippen molar-refractivity contribution in [3.63, 3.8) is 0 Å². The number of H-pyrrole nitrogens is 1. The van der Waals surface area contributed by atoms with Crippen molar-refractivity contribution in [2.75, 3.05) is 0 Å². The molecule has 1 aliphatic rings. The molecule has 2 heterocycles. The van der Waals surface area contributed by atoms with Gasteiger partial charge in [0.1, 0.15) is 6.29 Å². The Balaban J connectivity index is 2.10. The number of aromatic nitrogens is 3. The molecule has 2 unspecified atom stereocenters. The van der Waals surface area contributed by atoms with E-state index >= 15 is 0 Å². The summed E-state index contributed by atoms with van der Waals surface area (Å²) >= 11 is 0. The average Bonchev–Trinajstić information content (AvgIpc) is 2.90. The number of carbonyl (C=O) groups excluding carboxylic acids is 1. The van der Waals surface area contributed by atoms with Crippen LogP contribution in [0.2, 0.25) is 0 Å². The van der Waals surface area contributed by atoms with Crippen LogP contribution in [-0.2, 0) is 4.79 Å². The van der Waals surface area contributed by atoms with E-state index in [1.165, 1.54) is 0 Å². The summed E-state index contributed by atoms with van der Waals surface area (Å²) < 4.78 is 0. The van der Waals surface area contributed by atoms with Gasteiger partial charge in [-0.25, -0.2) is 4.98 Å². The zero-order valence-corrected chi connectivity index (χ0v) is 7.47. The van der Waals surface area contributed by atoms with Crippen molar-refractivity contribution in [2.24, 2.45) is 5.92 Å². The molecule has 4 nitrogen and oxygen atoms in total. The minimum absolute atomic E-state index is 0.168. The number of fused-ring (bicyclic) bond motifs is 1. The van der Waals surface area contributed by atoms with Gasteiger partial charge in [0.15, 0.2) is 5.65 Å². The number of hydrogen-bond acceptors (Lipinski definition) is 3. The molecule has 14 heavy (non-hydrogen) atoms. The Labute approximate surface area is 80.3 Å². The van der Waals surface area contributed by atoms with Crippen molar-refractivity contribution in [3.05, 3.63) is 24.0 Å². The molecule has 1 N–H and O–H groups in total. The second-order valence-electron chi connectivity index (χ2n) is 3.65. The predicted molar refractivity (Wildman–Crippen MR) is 50.8 cm³/mol. The summed E-state index contributed by atoms with van der Waals surface area (Å²) in [5.41, 5.74) is 1.80. The smallest absolute Gasteiger partial charge is 0.155 e. The maximum atomic E-state index is 10.6. The number of nitrogens with zero attached hydrogens (tertiary/aromatic N) is 2. The highest BCUT2D eigenvalue weighted by atomic mass is 16.1. The fourth-order valence-electron chi connectivity index (χ4n) is 1.84. The van der Waals surface area contributed by atoms with Crippen LogP contribution < -0.4 is 0 Å². The Morgan fingerprint density at radius 2 is 2.50 bits per heavy atom. The van der Waals surface area contributed by atoms with E-state index in [1.807, 2.05) is 12.1 Å². The van der Waals surface area contributed by atoms with Crippen molar-refractivity contribution in [1.29, 1.82) is 0 Å². The number of carbonyl (C=O) groups is 1. The second kappa shape index (κ2) is 2.64. The number of pyridine rings is 1. The molecule has 2 aromatic rings. The third-order valence-electron chi connectivity index (χ3n) is 2.73. The maximum Gasteiger partial charge on any atom is 0.155 e. The fourth-order valence-corrected chi connectivity index (χ4v) is 1.84. The zero-order chi connectivity index (χ0) is 9.54. The lowest BCUT2D eigenvalue weighted by molar-refractivity contribution is -0.108. The number of nitrogens with one attached hydrogen (secondary N) is 1. The van der Waals surface area contributed by atoms with Gasteiger partial charge in [-0.3, -0.25) is 5.10 Å². The van der Waals surface area contributed by atoms with E-state index in [4.69, 9.17) is 0 Å². The van der Waals surface area contributed by atoms with Crippen LogP contribution >= 0.6 is 0 Å². The van der Waals surface area contributed by atoms with Crippen LogP contribution in [0.4, 0.5) is 0 Å². The van der Waals surface area contributed by atoms with Crippen LogP contribution in [0.5, 0.6) is 0 Å². The van der Waals surface area contributed by atoms with E-state index in [1.54, 1.807) is 6.20 Å². The van der Waals surface area contributed by atoms with Crippen LogP contribution in [0, 0.1) is 5.92 Å². The molecule has 0 saturated heterocycles. The molecule has 0 amide bonds. The molecule has 3 rings (SSSR count). The van der Waals surface area contributed by atoms with Crippen molar-refractivity contribution in [1.82, 2.24) is 15.2 Å². The number of aromatic amines is 1. The van der Waals surface area contributed by atoms with Gasteiger partial charge < -0.3 is 4.79 Å². The molecule has 70 valence electrons. The average molecular weight is 187 g/mol. The number of aldehydes is 1. The fraction of sp³-hybridized carbons (Fsp3) is 0.300. The van der Waals surface area contributed by atoms with Crippen molar-refractivity contribution in [3.8, 4) is 0 Å². The predicted octanol–water partition coefficient (Wildman–Crippen LogP) is 1.26. The van der Waals surface area contributed by atoms with Gasteiger partial charge in [0.2, 0.25) is 0 Å². The van der Waals surface area contributed by atoms with Crippen LogP contribution in [0.25, 0.3) is 11.0 Å². The molecule has 1 aliphatic carbocycles. The molecule has 0 aliphatic heterocycles. The lowest BCUT2D eigenvalue weighted by Crippen LogP contribution is -1.85. The van der Waals surface area contributed by atoms with Gasteiger partial charge in [0.05, 0.1) is 5.69 Å². The Bertz CT molecular complexity index is 491. The van der Waals surface area contributed by atoms with Crippen molar-refractivity contribution in [2.45, 2.75) is 12.3 Å². The lowest BCUT2D eigenvalue weighted by Gasteiger charge is -1.91. The second-order valence-corrected chi connectivity index (χ2v) is 3.65. The van der Waals surface area contributed by atoms with Gasteiger partial charge >= 0.3 is 0 Å². The molecule has 0 spiro atoms. The first-order valence-corrected chi connectivity index (χ1v) is 4.64. The number of hydrogen-bond donors (Lipinski definition) is 1. The van der Waals surface area contributed by atoms with Gasteiger partial charge in [-0.1, -0.05) is 0 Å². The minimum atomic E-state index is 0.168. The van der Waals surface area contributed by atoms with Crippen LogP contribution in [0.3, 0.4) is 0 Å². The Kier molecular flexibility index (Phi) is 1.45. The molecule has 1 saturated carbocycles. The third-order valence-corrected chi connectivity index (χ3v) is 2.73. The van der Waals surface area contributed by atoms with E-state index in [-0.39, 0.29) is 5.92 Å². The van der Waals surface area contributed by atoms with E-state index in [9.17, 15) is 4.79 Å². The normalized spacial score (nSPS) is 25.1. The molecule has 0 aromatic carbocycles. The third kappa shape index (κ3) is 0.968. The summed E-state index contributed by atoms with van der Waals surface area (Å²) in [6.07, 6.45) is 3.67. The standard InChI is InChI=1S/C10H9N3O/c14-5-6-4-8(6)9-7-2-1-3-11-10(7)13-12-9/h1-3,5-6,8H,4H2,(H,11,12,13). The van der Waals surface area contributed by atoms with Crippen LogP contribution in [-0.4, -0.2) is 21.5 Å². The molecule has 4 heteroatoms. The van der Waals surface area contributed by atoms with Gasteiger partial charge in [-0.05, 0) is 18.6 Å². The molecule has 0 bridgehead atoms. The van der Waals surface area contributed by atoms with Crippen molar-refractivity contribution < 1.29 is 4.79 Å². The van der Waals surface area contributed by atoms with Gasteiger partial charge in [0.25, 0.3) is 0 Å². The van der Waals surface area contributed by atoms with Gasteiger partial charge in [-0.15, -0.1) is 0 Å². The molecular weight excluding hydrogens is 178 g/mol. The highest BCUT2D eigenvalue weighted by Gasteiger charge is 2.40. The zero-order valence-electron chi connectivity index (χ0n) is 7.47. The first kappa shape index (κ1) is 7.67. The SMILES string of the molecule is O=CC1CC1c1n[nH]c2ncccc12. The summed E-state index contributed by atoms with van der Waals surface area (Å²) in [4.78, 5) is 14.7. The topological polar surface area (TPSA) is 58.6 Å². The highest BCUT2D eigenvalue weighted by molar-refractivity contribution is 5.79. The first-order chi connectivity index (χ1) is 6.90. The minimum Gasteiger partial charge on any atom is -0.303 e. The van der Waals surface area contributed by atoms with E-state index in [0.717, 1.165) is 29.4 Å². The monoisotopic (exact) mass is 187 g/mol. The summed E-state index contributed by atoms with van der Waals surface area (Å²) in [6.45, 7) is 0. The van der Waals surface area contributed by atoms with E-state index in [0.29, 0.717) is 5.92 Å². The first-order valence-electron chi connectivity index (χ1n) is 4.64. The maximum absolute atomic E-state index is 10.6. The van der Waals surface area contributed by atoms with Crippen LogP contribution in [0.1, 0.15) is 18.0 Å². The molecular formula is C10H9N3O. The molecule has 2 aromatic heterocycles. The number of rotatable bonds is 2. The molecule has 1 fully saturated rings. The summed E-state index contributed by atoms with van der Waals surface area (Å²) in [5.74, 6) is 0.479. The molecule has 0 radical (unpaired) electrons. The summed E-state index contributed by atoms with van der Waals surface area (Å²) in [6, 6.07) is 3.88. The summed E-state index contributed by atoms with van der Waals surface area (Å²) in [7, 11) is 0. The van der Waals surface area contributed by atoms with Crippen LogP contribution in [0.15, 0.2) is 18.3 Å². The van der Waals surface area contributed by atoms with E-state index < -0.39 is 0 Å². The Hall–Kier alpha value is -1.71. The summed E-state index contributed by atoms with van der Waals surface area (Å²) in [5, 5.41) is 8.13. The Morgan fingerprint density at radius 1 is 1.57 bits per heavy atom. The van der Waals surface area contributed by atoms with E-state index in [2.05, 4.69) is 15.2 Å². The molecule has 2 atom stereocenters. The highest BCUT2D eigenvalue weighted by Crippen LogP contribution is 2.46. The lowest BCUT2D eigenvalue weighted by atomic mass is 10.2. The van der Waals surface area contributed by atoms with Gasteiger partial charge in [-0.2, -0.15) is 5.10 Å².